The minimum atomic E-state index is -0.173. The Balaban J connectivity index is 1.40. The van der Waals surface area contributed by atoms with Crippen LogP contribution in [0.2, 0.25) is 0 Å². The molecular weight excluding hydrogens is 452 g/mol. The lowest BCUT2D eigenvalue weighted by molar-refractivity contribution is -0.120. The third-order valence-electron chi connectivity index (χ3n) is 4.85. The van der Waals surface area contributed by atoms with Gasteiger partial charge in [0.2, 0.25) is 5.91 Å². The number of nitrogens with zero attached hydrogens (tertiary/aromatic N) is 1. The van der Waals surface area contributed by atoms with E-state index in [-0.39, 0.29) is 12.3 Å². The van der Waals surface area contributed by atoms with Crippen LogP contribution in [0, 0.1) is 0 Å². The molecule has 0 spiro atoms. The predicted octanol–water partition coefficient (Wildman–Crippen LogP) is 5.87. The summed E-state index contributed by atoms with van der Waals surface area (Å²) in [5.74, 6) is 0.536. The van der Waals surface area contributed by atoms with Gasteiger partial charge in [0.15, 0.2) is 0 Å². The van der Waals surface area contributed by atoms with Crippen molar-refractivity contribution in [3.8, 4) is 5.75 Å². The number of carbonyl (C=O) groups excluding carboxylic acids is 1. The van der Waals surface area contributed by atoms with Crippen molar-refractivity contribution in [3.63, 3.8) is 0 Å². The van der Waals surface area contributed by atoms with Gasteiger partial charge in [0, 0.05) is 10.0 Å². The zero-order valence-electron chi connectivity index (χ0n) is 16.8. The van der Waals surface area contributed by atoms with Gasteiger partial charge >= 0.3 is 0 Å². The Morgan fingerprint density at radius 3 is 2.52 bits per heavy atom. The monoisotopic (exact) mass is 472 g/mol. The Labute approximate surface area is 189 Å². The molecule has 0 saturated carbocycles. The molecule has 4 rings (SSSR count). The molecule has 0 bridgehead atoms. The summed E-state index contributed by atoms with van der Waals surface area (Å²) in [4.78, 5) is 12.1. The molecule has 0 atom stereocenters. The molecule has 0 aliphatic rings. The first-order chi connectivity index (χ1) is 15.2. The summed E-state index contributed by atoms with van der Waals surface area (Å²) in [7, 11) is 0. The molecule has 0 aromatic heterocycles. The van der Waals surface area contributed by atoms with Gasteiger partial charge in [-0.25, -0.2) is 5.43 Å². The maximum atomic E-state index is 12.1. The lowest BCUT2D eigenvalue weighted by atomic mass is 10.1. The highest BCUT2D eigenvalue weighted by Crippen LogP contribution is 2.22. The quantitative estimate of drug-likeness (QED) is 0.270. The summed E-state index contributed by atoms with van der Waals surface area (Å²) < 4.78 is 7.07. The first-order valence-electron chi connectivity index (χ1n) is 9.94. The molecule has 0 radical (unpaired) electrons. The average molecular weight is 473 g/mol. The Hall–Kier alpha value is -3.44. The average Bonchev–Trinajstić information content (AvgIpc) is 2.80. The van der Waals surface area contributed by atoms with Gasteiger partial charge in [-0.15, -0.1) is 0 Å². The van der Waals surface area contributed by atoms with Crippen LogP contribution in [0.4, 0.5) is 0 Å². The first-order valence-corrected chi connectivity index (χ1v) is 10.7. The number of hydrogen-bond donors (Lipinski definition) is 1. The minimum absolute atomic E-state index is 0.173. The normalized spacial score (nSPS) is 11.0. The minimum Gasteiger partial charge on any atom is -0.488 e. The summed E-state index contributed by atoms with van der Waals surface area (Å²) >= 11 is 3.39. The Kier molecular flexibility index (Phi) is 6.75. The van der Waals surface area contributed by atoms with Crippen LogP contribution in [-0.2, 0) is 17.8 Å². The fourth-order valence-electron chi connectivity index (χ4n) is 3.29. The van der Waals surface area contributed by atoms with E-state index in [9.17, 15) is 4.79 Å². The molecule has 5 heteroatoms. The molecule has 0 heterocycles. The fourth-order valence-corrected chi connectivity index (χ4v) is 3.56. The van der Waals surface area contributed by atoms with Crippen molar-refractivity contribution in [2.75, 3.05) is 0 Å². The maximum Gasteiger partial charge on any atom is 0.244 e. The van der Waals surface area contributed by atoms with Gasteiger partial charge in [0.05, 0.1) is 12.6 Å². The van der Waals surface area contributed by atoms with Crippen LogP contribution >= 0.6 is 15.9 Å². The topological polar surface area (TPSA) is 50.7 Å². The summed E-state index contributed by atoms with van der Waals surface area (Å²) in [5.41, 5.74) is 5.42. The smallest absolute Gasteiger partial charge is 0.244 e. The Morgan fingerprint density at radius 1 is 0.903 bits per heavy atom. The number of benzene rings is 4. The number of fused-ring (bicyclic) bond motifs is 1. The first kappa shape index (κ1) is 20.8. The van der Waals surface area contributed by atoms with Crippen molar-refractivity contribution in [1.82, 2.24) is 5.43 Å². The zero-order valence-corrected chi connectivity index (χ0v) is 18.4. The van der Waals surface area contributed by atoms with Crippen molar-refractivity contribution in [2.24, 2.45) is 5.10 Å². The second kappa shape index (κ2) is 10.0. The number of amides is 1. The maximum absolute atomic E-state index is 12.1. The molecule has 31 heavy (non-hydrogen) atoms. The van der Waals surface area contributed by atoms with Crippen molar-refractivity contribution in [1.29, 1.82) is 0 Å². The Morgan fingerprint density at radius 2 is 1.65 bits per heavy atom. The highest BCUT2D eigenvalue weighted by Gasteiger charge is 2.05. The van der Waals surface area contributed by atoms with Crippen LogP contribution in [0.25, 0.3) is 10.8 Å². The molecule has 154 valence electrons. The molecule has 0 unspecified atom stereocenters. The lowest BCUT2D eigenvalue weighted by Crippen LogP contribution is -2.19. The van der Waals surface area contributed by atoms with E-state index in [2.05, 4.69) is 50.7 Å². The van der Waals surface area contributed by atoms with Gasteiger partial charge in [-0.05, 0) is 46.2 Å². The molecule has 4 nitrogen and oxygen atoms in total. The van der Waals surface area contributed by atoms with Gasteiger partial charge in [-0.3, -0.25) is 4.79 Å². The highest BCUT2D eigenvalue weighted by atomic mass is 79.9. The summed E-state index contributed by atoms with van der Waals surface area (Å²) in [6, 6.07) is 29.7. The zero-order chi connectivity index (χ0) is 21.5. The molecule has 0 aliphatic carbocycles. The Bertz CT molecular complexity index is 1210. The molecule has 0 saturated heterocycles. The van der Waals surface area contributed by atoms with Crippen molar-refractivity contribution in [3.05, 3.63) is 112 Å². The van der Waals surface area contributed by atoms with Crippen molar-refractivity contribution in [2.45, 2.75) is 13.0 Å². The fraction of sp³-hybridized carbons (Fsp3) is 0.0769. The van der Waals surface area contributed by atoms with Gasteiger partial charge in [-0.1, -0.05) is 82.7 Å². The number of nitrogens with one attached hydrogen (secondary N) is 1. The lowest BCUT2D eigenvalue weighted by Gasteiger charge is -2.11. The van der Waals surface area contributed by atoms with Gasteiger partial charge < -0.3 is 4.74 Å². The van der Waals surface area contributed by atoms with E-state index in [1.807, 2.05) is 66.7 Å². The number of hydrazone groups is 1. The molecule has 4 aromatic rings. The second-order valence-corrected chi connectivity index (χ2v) is 7.98. The van der Waals surface area contributed by atoms with E-state index in [0.717, 1.165) is 21.2 Å². The summed E-state index contributed by atoms with van der Waals surface area (Å²) in [6.45, 7) is 0.447. The van der Waals surface area contributed by atoms with E-state index in [0.29, 0.717) is 12.4 Å². The second-order valence-electron chi connectivity index (χ2n) is 7.06. The number of ether oxygens (including phenoxy) is 1. The molecule has 0 fully saturated rings. The molecular formula is C26H21BrN2O2. The summed E-state index contributed by atoms with van der Waals surface area (Å²) in [6.07, 6.45) is 1.88. The van der Waals surface area contributed by atoms with E-state index >= 15 is 0 Å². The van der Waals surface area contributed by atoms with Crippen molar-refractivity contribution >= 4 is 38.8 Å². The van der Waals surface area contributed by atoms with Crippen LogP contribution in [0.5, 0.6) is 5.75 Å². The standard InChI is InChI=1S/C26H21BrN2O2/c27-23-14-12-19(13-15-23)16-26(30)29-28-17-21-7-2-4-11-25(21)31-18-22-9-5-8-20-6-1-3-10-24(20)22/h1-15,17H,16,18H2,(H,29,30)/b28-17+. The SMILES string of the molecule is O=C(Cc1ccc(Br)cc1)N/N=C/c1ccccc1OCc1cccc2ccccc12. The van der Waals surface area contributed by atoms with Gasteiger partial charge in [0.1, 0.15) is 12.4 Å². The third-order valence-corrected chi connectivity index (χ3v) is 5.38. The number of para-hydroxylation sites is 1. The molecule has 4 aromatic carbocycles. The van der Waals surface area contributed by atoms with E-state index in [4.69, 9.17) is 4.74 Å². The van der Waals surface area contributed by atoms with Crippen LogP contribution in [0.1, 0.15) is 16.7 Å². The molecule has 0 aliphatic heterocycles. The van der Waals surface area contributed by atoms with Crippen LogP contribution in [0.3, 0.4) is 0 Å². The van der Waals surface area contributed by atoms with E-state index in [1.165, 1.54) is 10.8 Å². The largest absolute Gasteiger partial charge is 0.488 e. The number of carbonyl (C=O) groups is 1. The van der Waals surface area contributed by atoms with E-state index < -0.39 is 0 Å². The predicted molar refractivity (Wildman–Crippen MR) is 128 cm³/mol. The number of halogens is 1. The molecule has 1 amide bonds. The van der Waals surface area contributed by atoms with Crippen molar-refractivity contribution < 1.29 is 9.53 Å². The van der Waals surface area contributed by atoms with Crippen LogP contribution in [0.15, 0.2) is 101 Å². The van der Waals surface area contributed by atoms with Gasteiger partial charge in [0.25, 0.3) is 0 Å². The van der Waals surface area contributed by atoms with Crippen LogP contribution in [-0.4, -0.2) is 12.1 Å². The number of hydrogen-bond acceptors (Lipinski definition) is 3. The third kappa shape index (κ3) is 5.58. The highest BCUT2D eigenvalue weighted by molar-refractivity contribution is 9.10. The number of rotatable bonds is 7. The summed E-state index contributed by atoms with van der Waals surface area (Å²) in [5, 5.41) is 6.47. The van der Waals surface area contributed by atoms with Gasteiger partial charge in [-0.2, -0.15) is 5.10 Å². The van der Waals surface area contributed by atoms with E-state index in [1.54, 1.807) is 6.21 Å². The van der Waals surface area contributed by atoms with Crippen LogP contribution < -0.4 is 10.2 Å². The molecule has 1 N–H and O–H groups in total.